The lowest BCUT2D eigenvalue weighted by Crippen LogP contribution is -2.42. The molecule has 10 nitrogen and oxygen atoms in total. The molecule has 0 spiro atoms. The monoisotopic (exact) mass is 699 g/mol. The Bertz CT molecular complexity index is 2360. The molecule has 0 aliphatic carbocycles. The summed E-state index contributed by atoms with van der Waals surface area (Å²) < 4.78 is 57.0. The van der Waals surface area contributed by atoms with Crippen LogP contribution in [0.1, 0.15) is 31.6 Å². The number of carbonyl (C=O) groups is 2. The van der Waals surface area contributed by atoms with E-state index < -0.39 is 36.0 Å². The van der Waals surface area contributed by atoms with Gasteiger partial charge in [-0.05, 0) is 38.1 Å². The molecule has 2 atom stereocenters. The third-order valence-corrected chi connectivity index (χ3v) is 9.99. The maximum absolute atomic E-state index is 16.2. The molecule has 5 heterocycles. The number of aromatic nitrogens is 5. The van der Waals surface area contributed by atoms with E-state index in [-0.39, 0.29) is 45.6 Å². The average molecular weight is 700 g/mol. The second-order valence-corrected chi connectivity index (χ2v) is 13.4. The van der Waals surface area contributed by atoms with Crippen LogP contribution in [0.3, 0.4) is 0 Å². The first-order valence-electron chi connectivity index (χ1n) is 15.7. The quantitative estimate of drug-likeness (QED) is 0.168. The number of nitrogens with zero attached hydrogens (tertiary/aromatic N) is 7. The molecule has 50 heavy (non-hydrogen) atoms. The van der Waals surface area contributed by atoms with E-state index in [4.69, 9.17) is 14.8 Å². The van der Waals surface area contributed by atoms with Crippen LogP contribution in [0.25, 0.3) is 54.9 Å². The Morgan fingerprint density at radius 2 is 1.86 bits per heavy atom. The number of thiophene rings is 1. The second-order valence-electron chi connectivity index (χ2n) is 12.5. The van der Waals surface area contributed by atoms with Crippen molar-refractivity contribution in [2.24, 2.45) is 7.05 Å². The first-order chi connectivity index (χ1) is 23.9. The second kappa shape index (κ2) is 12.4. The molecule has 0 radical (unpaired) electrons. The average Bonchev–Trinajstić information content (AvgIpc) is 3.81. The third-order valence-electron chi connectivity index (χ3n) is 9.03. The largest absolute Gasteiger partial charge is 0.483 e. The van der Waals surface area contributed by atoms with E-state index in [9.17, 15) is 14.0 Å². The van der Waals surface area contributed by atoms with E-state index in [2.05, 4.69) is 11.6 Å². The van der Waals surface area contributed by atoms with Gasteiger partial charge in [0.1, 0.15) is 34.6 Å². The molecule has 0 fully saturated rings. The molecule has 0 unspecified atom stereocenters. The minimum atomic E-state index is -1.04. The molecule has 0 saturated heterocycles. The zero-order valence-corrected chi connectivity index (χ0v) is 28.7. The van der Waals surface area contributed by atoms with Crippen molar-refractivity contribution in [2.75, 3.05) is 27.2 Å². The van der Waals surface area contributed by atoms with Crippen LogP contribution in [0, 0.1) is 17.5 Å². The van der Waals surface area contributed by atoms with E-state index in [0.29, 0.717) is 39.8 Å². The lowest BCUT2D eigenvalue weighted by molar-refractivity contribution is -0.131. The molecule has 0 bridgehead atoms. The fourth-order valence-corrected chi connectivity index (χ4v) is 7.36. The highest BCUT2D eigenvalue weighted by Crippen LogP contribution is 2.48. The number of halogens is 3. The normalized spacial score (nSPS) is 15.8. The number of fused-ring (bicyclic) bond motifs is 3. The Kier molecular flexibility index (Phi) is 8.21. The first-order valence-corrected chi connectivity index (χ1v) is 16.6. The number of rotatable bonds is 7. The summed E-state index contributed by atoms with van der Waals surface area (Å²) in [6.07, 6.45) is 2.95. The number of benzene rings is 2. The van der Waals surface area contributed by atoms with Gasteiger partial charge in [-0.25, -0.2) is 23.1 Å². The van der Waals surface area contributed by atoms with Gasteiger partial charge >= 0.3 is 0 Å². The van der Waals surface area contributed by atoms with Crippen molar-refractivity contribution in [3.05, 3.63) is 83.9 Å². The highest BCUT2D eigenvalue weighted by atomic mass is 32.1. The topological polar surface area (TPSA) is 98.4 Å². The molecule has 6 aromatic rings. The number of hydrogen-bond acceptors (Lipinski definition) is 7. The van der Waals surface area contributed by atoms with Crippen molar-refractivity contribution in [1.82, 2.24) is 34.1 Å². The lowest BCUT2D eigenvalue weighted by Gasteiger charge is -2.36. The Hall–Kier alpha value is -5.50. The summed E-state index contributed by atoms with van der Waals surface area (Å²) in [6.45, 7) is 7.24. The van der Waals surface area contributed by atoms with Crippen LogP contribution >= 0.6 is 11.3 Å². The molecule has 7 rings (SSSR count). The molecule has 14 heteroatoms. The summed E-state index contributed by atoms with van der Waals surface area (Å²) in [7, 11) is 4.93. The van der Waals surface area contributed by atoms with Crippen molar-refractivity contribution in [2.45, 2.75) is 25.9 Å². The minimum Gasteiger partial charge on any atom is -0.483 e. The number of imidazole rings is 1. The number of amides is 2. The lowest BCUT2D eigenvalue weighted by atomic mass is 9.94. The molecule has 4 aromatic heterocycles. The zero-order valence-electron chi connectivity index (χ0n) is 27.9. The van der Waals surface area contributed by atoms with Crippen LogP contribution in [-0.2, 0) is 16.6 Å². The SMILES string of the molecule is C=CC(=O)N1C[C@H](C)n2nc(-c3nc(-c4ccc5c(c4)ncn5C)c4scc(F)c4c3-c3c(F)cc(F)cc3OCC(=O)N(C)C)cc2[C@H]1C. The Morgan fingerprint density at radius 1 is 1.08 bits per heavy atom. The van der Waals surface area contributed by atoms with Gasteiger partial charge in [0.05, 0.1) is 51.1 Å². The smallest absolute Gasteiger partial charge is 0.259 e. The third kappa shape index (κ3) is 5.39. The van der Waals surface area contributed by atoms with E-state index in [0.717, 1.165) is 22.9 Å². The van der Waals surface area contributed by atoms with Crippen LogP contribution in [0.15, 0.2) is 60.8 Å². The molecule has 1 aliphatic heterocycles. The van der Waals surface area contributed by atoms with Gasteiger partial charge in [0.25, 0.3) is 5.91 Å². The molecule has 2 aromatic carbocycles. The Morgan fingerprint density at radius 3 is 2.60 bits per heavy atom. The van der Waals surface area contributed by atoms with Gasteiger partial charge in [0, 0.05) is 61.7 Å². The Labute approximate surface area is 289 Å². The van der Waals surface area contributed by atoms with Crippen molar-refractivity contribution in [3.63, 3.8) is 0 Å². The van der Waals surface area contributed by atoms with Gasteiger partial charge < -0.3 is 19.1 Å². The van der Waals surface area contributed by atoms with E-state index in [1.807, 2.05) is 43.7 Å². The number of aryl methyl sites for hydroxylation is 1. The highest BCUT2D eigenvalue weighted by molar-refractivity contribution is 7.17. The maximum atomic E-state index is 16.2. The van der Waals surface area contributed by atoms with E-state index in [1.54, 1.807) is 22.0 Å². The van der Waals surface area contributed by atoms with Gasteiger partial charge in [-0.1, -0.05) is 12.6 Å². The van der Waals surface area contributed by atoms with Crippen molar-refractivity contribution >= 4 is 44.3 Å². The number of hydrogen-bond donors (Lipinski definition) is 0. The van der Waals surface area contributed by atoms with Gasteiger partial charge in [-0.2, -0.15) is 5.10 Å². The van der Waals surface area contributed by atoms with Crippen LogP contribution in [-0.4, -0.2) is 73.2 Å². The molecule has 1 aliphatic rings. The highest BCUT2D eigenvalue weighted by Gasteiger charge is 2.34. The number of likely N-dealkylation sites (N-methyl/N-ethyl adjacent to an activating group) is 1. The first kappa shape index (κ1) is 33.0. The summed E-state index contributed by atoms with van der Waals surface area (Å²) in [5.41, 5.74) is 3.38. The fraction of sp³-hybridized carbons (Fsp3) is 0.250. The fourth-order valence-electron chi connectivity index (χ4n) is 6.43. The maximum Gasteiger partial charge on any atom is 0.259 e. The van der Waals surface area contributed by atoms with Crippen LogP contribution < -0.4 is 4.74 Å². The standard InChI is InChI=1S/C36H32F3N7O3S/c1-7-29(47)45-14-18(2)46-27(19(45)3)13-25(42-46)35-33(31-22(38)11-21(37)12-28(31)49-15-30(48)43(4)5)32-23(39)16-50-36(32)34(41-35)20-8-9-26-24(10-20)40-17-44(26)6/h7-13,16-19H,1,14-15H2,2-6H3/t18-,19+/m0/s1. The molecular weight excluding hydrogens is 668 g/mol. The summed E-state index contributed by atoms with van der Waals surface area (Å²) in [4.78, 5) is 37.8. The van der Waals surface area contributed by atoms with Crippen LogP contribution in [0.5, 0.6) is 5.75 Å². The number of ether oxygens (including phenoxy) is 1. The van der Waals surface area contributed by atoms with Gasteiger partial charge in [-0.3, -0.25) is 14.3 Å². The van der Waals surface area contributed by atoms with Gasteiger partial charge in [-0.15, -0.1) is 11.3 Å². The molecule has 2 amide bonds. The molecular formula is C36H32F3N7O3S. The van der Waals surface area contributed by atoms with E-state index >= 15 is 8.78 Å². The predicted octanol–water partition coefficient (Wildman–Crippen LogP) is 6.92. The summed E-state index contributed by atoms with van der Waals surface area (Å²) >= 11 is 1.09. The molecule has 0 saturated carbocycles. The summed E-state index contributed by atoms with van der Waals surface area (Å²) in [6, 6.07) is 8.31. The summed E-state index contributed by atoms with van der Waals surface area (Å²) in [5.74, 6) is -3.63. The summed E-state index contributed by atoms with van der Waals surface area (Å²) in [5, 5.41) is 6.23. The molecule has 256 valence electrons. The van der Waals surface area contributed by atoms with Crippen molar-refractivity contribution < 1.29 is 27.5 Å². The van der Waals surface area contributed by atoms with Gasteiger partial charge in [0.2, 0.25) is 5.91 Å². The van der Waals surface area contributed by atoms with Crippen molar-refractivity contribution in [1.29, 1.82) is 0 Å². The zero-order chi connectivity index (χ0) is 35.6. The van der Waals surface area contributed by atoms with Crippen LogP contribution in [0.4, 0.5) is 13.2 Å². The van der Waals surface area contributed by atoms with E-state index in [1.165, 1.54) is 30.5 Å². The molecule has 0 N–H and O–H groups in total. The minimum absolute atomic E-state index is 0.0130. The van der Waals surface area contributed by atoms with Crippen molar-refractivity contribution in [3.8, 4) is 39.5 Å². The number of carbonyl (C=O) groups excluding carboxylic acids is 2. The van der Waals surface area contributed by atoms with Crippen LogP contribution in [0.2, 0.25) is 0 Å². The van der Waals surface area contributed by atoms with Gasteiger partial charge in [0.15, 0.2) is 6.61 Å². The predicted molar refractivity (Wildman–Crippen MR) is 185 cm³/mol. The number of pyridine rings is 1. The Balaban J connectivity index is 1.54.